The highest BCUT2D eigenvalue weighted by Gasteiger charge is 2.25. The fourth-order valence-corrected chi connectivity index (χ4v) is 4.44. The number of unbranched alkanes of at least 4 members (excludes halogenated alkanes) is 3. The molecular formula is C28H44N2O8S. The van der Waals surface area contributed by atoms with Crippen LogP contribution in [0.4, 0.5) is 0 Å². The summed E-state index contributed by atoms with van der Waals surface area (Å²) in [5, 5.41) is 39.6. The van der Waals surface area contributed by atoms with Crippen molar-refractivity contribution >= 4 is 35.6 Å². The maximum Gasteiger partial charge on any atom is 0.327 e. The number of aliphatic hydroxyl groups excluding tert-OH is 1. The van der Waals surface area contributed by atoms with Gasteiger partial charge >= 0.3 is 17.9 Å². The average molecular weight is 569 g/mol. The highest BCUT2D eigenvalue weighted by atomic mass is 32.2. The zero-order chi connectivity index (χ0) is 29.5. The van der Waals surface area contributed by atoms with Gasteiger partial charge in [-0.2, -0.15) is 0 Å². The molecule has 0 aromatic heterocycles. The summed E-state index contributed by atoms with van der Waals surface area (Å²) < 4.78 is 0. The first kappa shape index (κ1) is 36.1. The van der Waals surface area contributed by atoms with E-state index in [1.807, 2.05) is 18.2 Å². The molecule has 0 aliphatic rings. The van der Waals surface area contributed by atoms with Crippen LogP contribution in [0, 0.1) is 0 Å². The maximum atomic E-state index is 12.1. The van der Waals surface area contributed by atoms with E-state index in [2.05, 4.69) is 24.4 Å². The Labute approximate surface area is 235 Å². The molecule has 0 unspecified atom stereocenters. The molecule has 0 aromatic carbocycles. The molecule has 0 spiro atoms. The second kappa shape index (κ2) is 23.0. The molecule has 0 aliphatic heterocycles. The summed E-state index contributed by atoms with van der Waals surface area (Å²) in [5.41, 5.74) is 5.38. The van der Waals surface area contributed by atoms with E-state index in [0.29, 0.717) is 0 Å². The molecule has 39 heavy (non-hydrogen) atoms. The number of carbonyl (C=O) groups is 4. The number of aliphatic carboxylic acids is 3. The lowest BCUT2D eigenvalue weighted by Crippen LogP contribution is -2.44. The van der Waals surface area contributed by atoms with Gasteiger partial charge < -0.3 is 31.5 Å². The Morgan fingerprint density at radius 3 is 2.23 bits per heavy atom. The summed E-state index contributed by atoms with van der Waals surface area (Å²) in [4.78, 5) is 45.4. The van der Waals surface area contributed by atoms with Crippen LogP contribution >= 0.6 is 11.8 Å². The van der Waals surface area contributed by atoms with Crippen molar-refractivity contribution in [2.24, 2.45) is 5.73 Å². The molecule has 0 heterocycles. The van der Waals surface area contributed by atoms with Crippen LogP contribution in [-0.2, 0) is 19.2 Å². The monoisotopic (exact) mass is 568 g/mol. The number of carboxylic acid groups (broad SMARTS) is 3. The molecule has 0 fully saturated rings. The van der Waals surface area contributed by atoms with Gasteiger partial charge in [-0.3, -0.25) is 14.4 Å². The Bertz CT molecular complexity index is 857. The number of carboxylic acids is 3. The number of allylic oxidation sites excluding steroid dienone is 7. The number of thioether (sulfide) groups is 1. The van der Waals surface area contributed by atoms with Gasteiger partial charge in [0.25, 0.3) is 0 Å². The highest BCUT2D eigenvalue weighted by Crippen LogP contribution is 2.21. The zero-order valence-corrected chi connectivity index (χ0v) is 23.4. The van der Waals surface area contributed by atoms with Crippen molar-refractivity contribution in [2.75, 3.05) is 5.75 Å². The summed E-state index contributed by atoms with van der Waals surface area (Å²) in [5.74, 6) is -4.20. The number of hydrogen-bond acceptors (Lipinski definition) is 7. The van der Waals surface area contributed by atoms with Crippen molar-refractivity contribution in [3.05, 3.63) is 48.6 Å². The van der Waals surface area contributed by atoms with Crippen molar-refractivity contribution < 1.29 is 39.6 Å². The number of nitrogens with one attached hydrogen (secondary N) is 1. The van der Waals surface area contributed by atoms with Gasteiger partial charge in [0.05, 0.1) is 6.10 Å². The second-order valence-electron chi connectivity index (χ2n) is 8.99. The van der Waals surface area contributed by atoms with Crippen LogP contribution in [0.1, 0.15) is 71.1 Å². The minimum atomic E-state index is -1.27. The molecule has 10 nitrogen and oxygen atoms in total. The number of hydrogen-bond donors (Lipinski definition) is 6. The first-order valence-corrected chi connectivity index (χ1v) is 14.3. The molecule has 4 atom stereocenters. The molecule has 0 saturated carbocycles. The normalized spacial score (nSPS) is 15.2. The van der Waals surface area contributed by atoms with Crippen LogP contribution in [0.15, 0.2) is 48.6 Å². The van der Waals surface area contributed by atoms with E-state index >= 15 is 0 Å². The average Bonchev–Trinajstić information content (AvgIpc) is 2.88. The molecule has 1 amide bonds. The van der Waals surface area contributed by atoms with Crippen molar-refractivity contribution in [1.29, 1.82) is 0 Å². The lowest BCUT2D eigenvalue weighted by molar-refractivity contribution is -0.141. The number of carbonyl (C=O) groups excluding carboxylic acids is 1. The quantitative estimate of drug-likeness (QED) is 0.0603. The molecule has 0 radical (unpaired) electrons. The molecular weight excluding hydrogens is 524 g/mol. The SMILES string of the molecule is CCCCC/C=C/C/C=C/C=C/C=C/[C@@H](SC[C@@H](NC(=O)CC[C@H](N)C(=O)O)C(=O)O)[C@@H](O)CCCC(=O)O. The molecule has 0 aliphatic carbocycles. The minimum Gasteiger partial charge on any atom is -0.481 e. The van der Waals surface area contributed by atoms with Gasteiger partial charge in [0.2, 0.25) is 5.91 Å². The van der Waals surface area contributed by atoms with E-state index in [4.69, 9.17) is 15.9 Å². The summed E-state index contributed by atoms with van der Waals surface area (Å²) in [6, 6.07) is -2.49. The van der Waals surface area contributed by atoms with Gasteiger partial charge in [0.15, 0.2) is 0 Å². The Balaban J connectivity index is 5.01. The summed E-state index contributed by atoms with van der Waals surface area (Å²) in [6.07, 6.45) is 19.9. The minimum absolute atomic E-state index is 0.0642. The molecule has 0 rings (SSSR count). The van der Waals surface area contributed by atoms with Crippen LogP contribution in [0.25, 0.3) is 0 Å². The first-order valence-electron chi connectivity index (χ1n) is 13.2. The summed E-state index contributed by atoms with van der Waals surface area (Å²) >= 11 is 1.12. The smallest absolute Gasteiger partial charge is 0.327 e. The molecule has 220 valence electrons. The van der Waals surface area contributed by atoms with Crippen molar-refractivity contribution in [3.63, 3.8) is 0 Å². The second-order valence-corrected chi connectivity index (χ2v) is 10.2. The number of aliphatic hydroxyl groups is 1. The standard InChI is InChI=1S/C28H44N2O8S/c1-2-3-4-5-6-7-8-9-10-11-12-13-16-24(23(31)15-14-17-26(33)34)39-20-22(28(37)38)30-25(32)19-18-21(29)27(35)36/h6-7,9-13,16,21-24,31H,2-5,8,14-15,17-20,29H2,1H3,(H,30,32)(H,33,34)(H,35,36)(H,37,38)/b7-6+,10-9+,12-11+,16-13+/t21-,22+,23-,24+/m0/s1. The van der Waals surface area contributed by atoms with E-state index in [0.717, 1.165) is 24.6 Å². The van der Waals surface area contributed by atoms with Gasteiger partial charge in [0.1, 0.15) is 12.1 Å². The van der Waals surface area contributed by atoms with Gasteiger partial charge in [-0.15, -0.1) is 11.8 Å². The fraction of sp³-hybridized carbons (Fsp3) is 0.571. The van der Waals surface area contributed by atoms with Gasteiger partial charge in [0, 0.05) is 23.8 Å². The Morgan fingerprint density at radius 2 is 1.59 bits per heavy atom. The van der Waals surface area contributed by atoms with Crippen molar-refractivity contribution in [2.45, 2.75) is 94.6 Å². The summed E-state index contributed by atoms with van der Waals surface area (Å²) in [7, 11) is 0. The lowest BCUT2D eigenvalue weighted by Gasteiger charge is -2.22. The van der Waals surface area contributed by atoms with E-state index in [9.17, 15) is 29.4 Å². The molecule has 0 bridgehead atoms. The predicted molar refractivity (Wildman–Crippen MR) is 153 cm³/mol. The van der Waals surface area contributed by atoms with E-state index < -0.39 is 47.3 Å². The van der Waals surface area contributed by atoms with Crippen LogP contribution < -0.4 is 11.1 Å². The van der Waals surface area contributed by atoms with Gasteiger partial charge in [-0.1, -0.05) is 68.4 Å². The maximum absolute atomic E-state index is 12.1. The first-order chi connectivity index (χ1) is 18.6. The van der Waals surface area contributed by atoms with E-state index in [1.165, 1.54) is 19.3 Å². The predicted octanol–water partition coefficient (Wildman–Crippen LogP) is 3.66. The van der Waals surface area contributed by atoms with Crippen molar-refractivity contribution in [3.8, 4) is 0 Å². The third-order valence-electron chi connectivity index (χ3n) is 5.54. The van der Waals surface area contributed by atoms with E-state index in [-0.39, 0.29) is 37.9 Å². The van der Waals surface area contributed by atoms with Crippen LogP contribution in [0.2, 0.25) is 0 Å². The molecule has 11 heteroatoms. The van der Waals surface area contributed by atoms with Gasteiger partial charge in [-0.25, -0.2) is 4.79 Å². The van der Waals surface area contributed by atoms with Crippen molar-refractivity contribution in [1.82, 2.24) is 5.32 Å². The Hall–Kier alpha value is -2.89. The van der Waals surface area contributed by atoms with Gasteiger partial charge in [-0.05, 0) is 38.5 Å². The Morgan fingerprint density at radius 1 is 0.872 bits per heavy atom. The number of amides is 1. The lowest BCUT2D eigenvalue weighted by atomic mass is 10.1. The van der Waals surface area contributed by atoms with Crippen LogP contribution in [0.3, 0.4) is 0 Å². The Kier molecular flexibility index (Phi) is 21.3. The topological polar surface area (TPSA) is 187 Å². The highest BCUT2D eigenvalue weighted by molar-refractivity contribution is 8.00. The third-order valence-corrected chi connectivity index (χ3v) is 6.92. The zero-order valence-electron chi connectivity index (χ0n) is 22.6. The number of nitrogens with two attached hydrogens (primary N) is 1. The summed E-state index contributed by atoms with van der Waals surface area (Å²) in [6.45, 7) is 2.17. The molecule has 0 aromatic rings. The number of rotatable bonds is 23. The molecule has 7 N–H and O–H groups in total. The fourth-order valence-electron chi connectivity index (χ4n) is 3.24. The molecule has 0 saturated heterocycles. The van der Waals surface area contributed by atoms with Crippen LogP contribution in [-0.4, -0.2) is 73.4 Å². The third kappa shape index (κ3) is 20.7. The van der Waals surface area contributed by atoms with E-state index in [1.54, 1.807) is 18.2 Å². The largest absolute Gasteiger partial charge is 0.481 e. The van der Waals surface area contributed by atoms with Crippen LogP contribution in [0.5, 0.6) is 0 Å².